The van der Waals surface area contributed by atoms with Gasteiger partial charge in [0.25, 0.3) is 0 Å². The molecule has 0 bridgehead atoms. The first-order valence-electron chi connectivity index (χ1n) is 6.69. The molecule has 0 radical (unpaired) electrons. The summed E-state index contributed by atoms with van der Waals surface area (Å²) in [6.07, 6.45) is 0.220. The summed E-state index contributed by atoms with van der Waals surface area (Å²) in [7, 11) is 0. The molecule has 0 saturated carbocycles. The first-order valence-corrected chi connectivity index (χ1v) is 6.69. The number of rotatable bonds is 3. The van der Waals surface area contributed by atoms with E-state index < -0.39 is 17.7 Å². The van der Waals surface area contributed by atoms with E-state index in [-0.39, 0.29) is 30.1 Å². The lowest BCUT2D eigenvalue weighted by Crippen LogP contribution is -2.41. The van der Waals surface area contributed by atoms with E-state index in [9.17, 15) is 18.4 Å². The molecule has 3 amide bonds. The van der Waals surface area contributed by atoms with Gasteiger partial charge in [-0.2, -0.15) is 0 Å². The standard InChI is InChI=1S/C14H17F2N3O2/c1-8(2)19-7-10(6-13(19)20)17-14(21)18-12-4-3-9(15)5-11(12)16/h3-5,8,10H,6-7H2,1-2H3,(H2,17,18,21). The first kappa shape index (κ1) is 15.2. The number of benzene rings is 1. The topological polar surface area (TPSA) is 61.4 Å². The van der Waals surface area contributed by atoms with Crippen LogP contribution in [0.1, 0.15) is 20.3 Å². The molecule has 2 rings (SSSR count). The Morgan fingerprint density at radius 3 is 2.67 bits per heavy atom. The third-order valence-electron chi connectivity index (χ3n) is 3.30. The number of hydrogen-bond acceptors (Lipinski definition) is 2. The summed E-state index contributed by atoms with van der Waals surface area (Å²) in [5.74, 6) is -1.59. The SMILES string of the molecule is CC(C)N1CC(NC(=O)Nc2ccc(F)cc2F)CC1=O. The van der Waals surface area contributed by atoms with Crippen LogP contribution in [-0.4, -0.2) is 35.5 Å². The predicted octanol–water partition coefficient (Wildman–Crippen LogP) is 2.10. The zero-order valence-corrected chi connectivity index (χ0v) is 11.8. The average molecular weight is 297 g/mol. The molecule has 1 aromatic rings. The Morgan fingerprint density at radius 1 is 1.38 bits per heavy atom. The molecule has 7 heteroatoms. The average Bonchev–Trinajstić information content (AvgIpc) is 2.74. The molecule has 1 heterocycles. The van der Waals surface area contributed by atoms with Crippen LogP contribution in [0.3, 0.4) is 0 Å². The van der Waals surface area contributed by atoms with Gasteiger partial charge >= 0.3 is 6.03 Å². The smallest absolute Gasteiger partial charge is 0.319 e. The number of urea groups is 1. The van der Waals surface area contributed by atoms with Crippen molar-refractivity contribution in [3.8, 4) is 0 Å². The summed E-state index contributed by atoms with van der Waals surface area (Å²) in [5.41, 5.74) is -0.112. The van der Waals surface area contributed by atoms with Gasteiger partial charge < -0.3 is 15.5 Å². The monoisotopic (exact) mass is 297 g/mol. The van der Waals surface area contributed by atoms with Crippen molar-refractivity contribution in [1.29, 1.82) is 0 Å². The highest BCUT2D eigenvalue weighted by atomic mass is 19.1. The highest BCUT2D eigenvalue weighted by Crippen LogP contribution is 2.16. The van der Waals surface area contributed by atoms with E-state index in [1.165, 1.54) is 0 Å². The summed E-state index contributed by atoms with van der Waals surface area (Å²) in [4.78, 5) is 25.2. The van der Waals surface area contributed by atoms with Crippen LogP contribution in [0.2, 0.25) is 0 Å². The largest absolute Gasteiger partial charge is 0.338 e. The number of nitrogens with one attached hydrogen (secondary N) is 2. The molecular formula is C14H17F2N3O2. The second kappa shape index (κ2) is 6.07. The minimum absolute atomic E-state index is 0.0248. The van der Waals surface area contributed by atoms with E-state index >= 15 is 0 Å². The number of amides is 3. The van der Waals surface area contributed by atoms with Gasteiger partial charge in [-0.15, -0.1) is 0 Å². The molecule has 114 valence electrons. The number of carbonyl (C=O) groups excluding carboxylic acids is 2. The van der Waals surface area contributed by atoms with Gasteiger partial charge in [0.15, 0.2) is 0 Å². The molecule has 1 unspecified atom stereocenters. The normalized spacial score (nSPS) is 18.2. The summed E-state index contributed by atoms with van der Waals surface area (Å²) in [5, 5.41) is 4.91. The number of nitrogens with zero attached hydrogens (tertiary/aromatic N) is 1. The third kappa shape index (κ3) is 3.68. The maximum atomic E-state index is 13.4. The Hall–Kier alpha value is -2.18. The molecule has 0 spiro atoms. The molecular weight excluding hydrogens is 280 g/mol. The summed E-state index contributed by atoms with van der Waals surface area (Å²) < 4.78 is 26.2. The van der Waals surface area contributed by atoms with E-state index in [4.69, 9.17) is 0 Å². The van der Waals surface area contributed by atoms with Gasteiger partial charge in [-0.3, -0.25) is 4.79 Å². The Morgan fingerprint density at radius 2 is 2.10 bits per heavy atom. The minimum Gasteiger partial charge on any atom is -0.338 e. The number of halogens is 2. The molecule has 0 aliphatic carbocycles. The number of hydrogen-bond donors (Lipinski definition) is 2. The molecule has 1 saturated heterocycles. The Labute approximate surface area is 121 Å². The summed E-state index contributed by atoms with van der Waals surface area (Å²) >= 11 is 0. The Bertz CT molecular complexity index is 563. The minimum atomic E-state index is -0.851. The molecule has 21 heavy (non-hydrogen) atoms. The lowest BCUT2D eigenvalue weighted by atomic mass is 10.2. The van der Waals surface area contributed by atoms with Crippen LogP contribution in [0, 0.1) is 11.6 Å². The van der Waals surface area contributed by atoms with Crippen molar-refractivity contribution in [2.45, 2.75) is 32.4 Å². The van der Waals surface area contributed by atoms with Crippen LogP contribution in [0.4, 0.5) is 19.3 Å². The summed E-state index contributed by atoms with van der Waals surface area (Å²) in [6, 6.07) is 2.02. The Balaban J connectivity index is 1.92. The van der Waals surface area contributed by atoms with E-state index in [2.05, 4.69) is 10.6 Å². The first-order chi connectivity index (χ1) is 9.86. The van der Waals surface area contributed by atoms with Crippen molar-refractivity contribution < 1.29 is 18.4 Å². The van der Waals surface area contributed by atoms with Crippen molar-refractivity contribution in [3.05, 3.63) is 29.8 Å². The molecule has 1 atom stereocenters. The van der Waals surface area contributed by atoms with Crippen molar-refractivity contribution in [1.82, 2.24) is 10.2 Å². The van der Waals surface area contributed by atoms with E-state index in [0.29, 0.717) is 12.6 Å². The lowest BCUT2D eigenvalue weighted by molar-refractivity contribution is -0.129. The van der Waals surface area contributed by atoms with Crippen molar-refractivity contribution in [3.63, 3.8) is 0 Å². The van der Waals surface area contributed by atoms with Gasteiger partial charge in [0.05, 0.1) is 11.7 Å². The fourth-order valence-corrected chi connectivity index (χ4v) is 2.26. The number of carbonyl (C=O) groups is 2. The fraction of sp³-hybridized carbons (Fsp3) is 0.429. The maximum absolute atomic E-state index is 13.4. The summed E-state index contributed by atoms with van der Waals surface area (Å²) in [6.45, 7) is 4.22. The van der Waals surface area contributed by atoms with Crippen molar-refractivity contribution in [2.75, 3.05) is 11.9 Å². The highest BCUT2D eigenvalue weighted by Gasteiger charge is 2.32. The van der Waals surface area contributed by atoms with Crippen LogP contribution in [0.25, 0.3) is 0 Å². The van der Waals surface area contributed by atoms with Gasteiger partial charge in [0, 0.05) is 25.1 Å². The van der Waals surface area contributed by atoms with E-state index in [1.54, 1.807) is 4.90 Å². The zero-order valence-electron chi connectivity index (χ0n) is 11.8. The molecule has 5 nitrogen and oxygen atoms in total. The van der Waals surface area contributed by atoms with Crippen LogP contribution in [0.15, 0.2) is 18.2 Å². The molecule has 1 aliphatic heterocycles. The second-order valence-electron chi connectivity index (χ2n) is 5.26. The molecule has 0 aromatic heterocycles. The second-order valence-corrected chi connectivity index (χ2v) is 5.26. The zero-order chi connectivity index (χ0) is 15.6. The number of anilines is 1. The van der Waals surface area contributed by atoms with Crippen LogP contribution < -0.4 is 10.6 Å². The Kier molecular flexibility index (Phi) is 4.40. The van der Waals surface area contributed by atoms with E-state index in [0.717, 1.165) is 12.1 Å². The highest BCUT2D eigenvalue weighted by molar-refractivity contribution is 5.90. The third-order valence-corrected chi connectivity index (χ3v) is 3.30. The van der Waals surface area contributed by atoms with E-state index in [1.807, 2.05) is 13.8 Å². The number of likely N-dealkylation sites (tertiary alicyclic amines) is 1. The van der Waals surface area contributed by atoms with Gasteiger partial charge in [-0.05, 0) is 26.0 Å². The molecule has 1 aromatic carbocycles. The van der Waals surface area contributed by atoms with Crippen LogP contribution in [-0.2, 0) is 4.79 Å². The quantitative estimate of drug-likeness (QED) is 0.897. The van der Waals surface area contributed by atoms with Gasteiger partial charge in [0.1, 0.15) is 11.6 Å². The van der Waals surface area contributed by atoms with Crippen LogP contribution in [0.5, 0.6) is 0 Å². The molecule has 2 N–H and O–H groups in total. The maximum Gasteiger partial charge on any atom is 0.319 e. The lowest BCUT2D eigenvalue weighted by Gasteiger charge is -2.21. The van der Waals surface area contributed by atoms with Crippen LogP contribution >= 0.6 is 0 Å². The van der Waals surface area contributed by atoms with Gasteiger partial charge in [-0.25, -0.2) is 13.6 Å². The molecule has 1 fully saturated rings. The van der Waals surface area contributed by atoms with Crippen molar-refractivity contribution >= 4 is 17.6 Å². The van der Waals surface area contributed by atoms with Crippen molar-refractivity contribution in [2.24, 2.45) is 0 Å². The predicted molar refractivity (Wildman–Crippen MR) is 73.8 cm³/mol. The van der Waals surface area contributed by atoms with Gasteiger partial charge in [-0.1, -0.05) is 0 Å². The fourth-order valence-electron chi connectivity index (χ4n) is 2.26. The van der Waals surface area contributed by atoms with Gasteiger partial charge in [0.2, 0.25) is 5.91 Å². The molecule has 1 aliphatic rings.